The van der Waals surface area contributed by atoms with Gasteiger partial charge in [-0.15, -0.1) is 0 Å². The number of carboxylic acid groups (broad SMARTS) is 2. The molecule has 0 aliphatic heterocycles. The van der Waals surface area contributed by atoms with Crippen molar-refractivity contribution in [2.24, 2.45) is 0 Å². The standard InChI is InChI=1S/C38H44N6O7/c45-34(17-15-32(37(48)49)41-21-5-6-22-41)39-19-26-43(27-20-40-35(46)18-16-33(38(50)51)42-23-7-8-24-42)36(47)14-9-25-44-30-12-3-1-10-28(30)29-11-2-4-13-31(29)44/h1-8,10-13,21-24,32-33H,9,14-20,25-27H2,(H,39,45)(H,40,46)(H,48,49)(H,50,51)/t32-,33-/m0/s1. The van der Waals surface area contributed by atoms with Crippen LogP contribution >= 0.6 is 0 Å². The number of benzene rings is 2. The highest BCUT2D eigenvalue weighted by Gasteiger charge is 2.22. The van der Waals surface area contributed by atoms with E-state index in [-0.39, 0.29) is 76.0 Å². The second-order valence-electron chi connectivity index (χ2n) is 12.4. The van der Waals surface area contributed by atoms with E-state index < -0.39 is 24.0 Å². The largest absolute Gasteiger partial charge is 0.480 e. The molecular weight excluding hydrogens is 652 g/mol. The van der Waals surface area contributed by atoms with Crippen LogP contribution in [0.25, 0.3) is 21.8 Å². The first-order valence-corrected chi connectivity index (χ1v) is 17.2. The van der Waals surface area contributed by atoms with Gasteiger partial charge < -0.3 is 39.4 Å². The molecule has 13 nitrogen and oxygen atoms in total. The van der Waals surface area contributed by atoms with Gasteiger partial charge in [0.05, 0.1) is 0 Å². The van der Waals surface area contributed by atoms with Gasteiger partial charge in [0.2, 0.25) is 17.7 Å². The average Bonchev–Trinajstić information content (AvgIpc) is 3.90. The molecule has 0 aliphatic rings. The van der Waals surface area contributed by atoms with Gasteiger partial charge in [-0.25, -0.2) is 9.59 Å². The first-order chi connectivity index (χ1) is 24.7. The number of nitrogens with zero attached hydrogens (tertiary/aromatic N) is 4. The first-order valence-electron chi connectivity index (χ1n) is 17.2. The van der Waals surface area contributed by atoms with Crippen molar-refractivity contribution >= 4 is 51.5 Å². The summed E-state index contributed by atoms with van der Waals surface area (Å²) < 4.78 is 5.32. The lowest BCUT2D eigenvalue weighted by atomic mass is 10.1. The Labute approximate surface area is 295 Å². The van der Waals surface area contributed by atoms with Crippen LogP contribution in [0, 0.1) is 0 Å². The van der Waals surface area contributed by atoms with Crippen molar-refractivity contribution in [1.82, 2.24) is 29.2 Å². The van der Waals surface area contributed by atoms with E-state index in [1.165, 1.54) is 0 Å². The van der Waals surface area contributed by atoms with Crippen LogP contribution < -0.4 is 10.6 Å². The molecule has 0 saturated carbocycles. The molecule has 5 rings (SSSR count). The number of aliphatic carboxylic acids is 2. The molecule has 268 valence electrons. The lowest BCUT2D eigenvalue weighted by molar-refractivity contribution is -0.142. The molecule has 51 heavy (non-hydrogen) atoms. The van der Waals surface area contributed by atoms with E-state index in [4.69, 9.17) is 0 Å². The smallest absolute Gasteiger partial charge is 0.326 e. The van der Waals surface area contributed by atoms with Crippen molar-refractivity contribution in [2.45, 2.75) is 57.2 Å². The van der Waals surface area contributed by atoms with Crippen molar-refractivity contribution < 1.29 is 34.2 Å². The third-order valence-electron chi connectivity index (χ3n) is 9.05. The highest BCUT2D eigenvalue weighted by atomic mass is 16.4. The van der Waals surface area contributed by atoms with Gasteiger partial charge in [-0.05, 0) is 55.7 Å². The highest BCUT2D eigenvalue weighted by molar-refractivity contribution is 6.07. The number of carbonyl (C=O) groups is 5. The Kier molecular flexibility index (Phi) is 12.6. The molecule has 0 fully saturated rings. The fourth-order valence-corrected chi connectivity index (χ4v) is 6.44. The number of hydrogen-bond acceptors (Lipinski definition) is 5. The minimum absolute atomic E-state index is 0.00170. The maximum Gasteiger partial charge on any atom is 0.326 e. The SMILES string of the molecule is O=C(CC[C@@H](C(=O)O)n1cccc1)NCCN(CCNC(=O)CC[C@@H](C(=O)O)n1cccc1)C(=O)CCCn1c2ccccc2c2ccccc21. The summed E-state index contributed by atoms with van der Waals surface area (Å²) in [5, 5.41) is 27.1. The highest BCUT2D eigenvalue weighted by Crippen LogP contribution is 2.29. The number of nitrogens with one attached hydrogen (secondary N) is 2. The van der Waals surface area contributed by atoms with E-state index in [0.717, 1.165) is 21.8 Å². The lowest BCUT2D eigenvalue weighted by Crippen LogP contribution is -2.42. The fourth-order valence-electron chi connectivity index (χ4n) is 6.44. The number of fused-ring (bicyclic) bond motifs is 3. The minimum atomic E-state index is -1.03. The Morgan fingerprint density at radius 2 is 1.04 bits per heavy atom. The normalized spacial score (nSPS) is 12.4. The number of para-hydroxylation sites is 2. The summed E-state index contributed by atoms with van der Waals surface area (Å²) in [7, 11) is 0. The number of amides is 3. The zero-order valence-corrected chi connectivity index (χ0v) is 28.4. The zero-order chi connectivity index (χ0) is 36.2. The molecule has 2 aromatic carbocycles. The number of aromatic nitrogens is 3. The van der Waals surface area contributed by atoms with Crippen molar-refractivity contribution in [3.05, 3.63) is 97.6 Å². The van der Waals surface area contributed by atoms with Gasteiger partial charge in [-0.1, -0.05) is 36.4 Å². The third kappa shape index (κ3) is 9.65. The summed E-state index contributed by atoms with van der Waals surface area (Å²) >= 11 is 0. The molecule has 0 radical (unpaired) electrons. The number of rotatable bonds is 20. The number of aryl methyl sites for hydroxylation is 1. The summed E-state index contributed by atoms with van der Waals surface area (Å²) in [6, 6.07) is 21.5. The summed E-state index contributed by atoms with van der Waals surface area (Å²) in [4.78, 5) is 63.9. The zero-order valence-electron chi connectivity index (χ0n) is 28.4. The van der Waals surface area contributed by atoms with Gasteiger partial charge in [0.1, 0.15) is 12.1 Å². The van der Waals surface area contributed by atoms with Gasteiger partial charge >= 0.3 is 11.9 Å². The van der Waals surface area contributed by atoms with Gasteiger partial charge in [0.25, 0.3) is 0 Å². The van der Waals surface area contributed by atoms with Crippen molar-refractivity contribution in [2.75, 3.05) is 26.2 Å². The van der Waals surface area contributed by atoms with Gasteiger partial charge in [-0.3, -0.25) is 14.4 Å². The predicted molar refractivity (Wildman–Crippen MR) is 192 cm³/mol. The minimum Gasteiger partial charge on any atom is -0.480 e. The molecule has 0 bridgehead atoms. The molecule has 3 heterocycles. The van der Waals surface area contributed by atoms with Crippen LogP contribution in [0.5, 0.6) is 0 Å². The van der Waals surface area contributed by atoms with E-state index in [1.807, 2.05) is 24.3 Å². The van der Waals surface area contributed by atoms with Crippen LogP contribution in [0.1, 0.15) is 50.6 Å². The number of carbonyl (C=O) groups excluding carboxylic acids is 3. The van der Waals surface area contributed by atoms with E-state index in [2.05, 4.69) is 39.5 Å². The van der Waals surface area contributed by atoms with Gasteiger partial charge in [-0.2, -0.15) is 0 Å². The van der Waals surface area contributed by atoms with Crippen LogP contribution in [0.15, 0.2) is 97.6 Å². The quantitative estimate of drug-likeness (QED) is 0.0933. The first kappa shape index (κ1) is 36.4. The second-order valence-corrected chi connectivity index (χ2v) is 12.4. The van der Waals surface area contributed by atoms with Crippen molar-refractivity contribution in [3.8, 4) is 0 Å². The summed E-state index contributed by atoms with van der Waals surface area (Å²) in [6.07, 6.45) is 7.62. The number of carboxylic acids is 2. The molecule has 0 unspecified atom stereocenters. The van der Waals surface area contributed by atoms with Crippen LogP contribution in [0.3, 0.4) is 0 Å². The van der Waals surface area contributed by atoms with E-state index in [0.29, 0.717) is 13.0 Å². The molecule has 0 spiro atoms. The van der Waals surface area contributed by atoms with E-state index in [9.17, 15) is 34.2 Å². The molecular formula is C38H44N6O7. The Morgan fingerprint density at radius 3 is 1.47 bits per heavy atom. The van der Waals surface area contributed by atoms with Gasteiger partial charge in [0.15, 0.2) is 0 Å². The molecule has 5 aromatic rings. The topological polar surface area (TPSA) is 168 Å². The van der Waals surface area contributed by atoms with Crippen molar-refractivity contribution in [1.29, 1.82) is 0 Å². The van der Waals surface area contributed by atoms with Crippen LogP contribution in [0.4, 0.5) is 0 Å². The molecule has 0 aliphatic carbocycles. The van der Waals surface area contributed by atoms with E-state index >= 15 is 0 Å². The van der Waals surface area contributed by atoms with E-state index in [1.54, 1.807) is 63.1 Å². The van der Waals surface area contributed by atoms with Crippen molar-refractivity contribution in [3.63, 3.8) is 0 Å². The van der Waals surface area contributed by atoms with Crippen LogP contribution in [-0.2, 0) is 30.5 Å². The number of hydrogen-bond donors (Lipinski definition) is 4. The van der Waals surface area contributed by atoms with Gasteiger partial charge in [0, 0.05) is 98.6 Å². The Balaban J connectivity index is 1.15. The maximum atomic E-state index is 13.5. The van der Waals surface area contributed by atoms with Crippen LogP contribution in [0.2, 0.25) is 0 Å². The fraction of sp³-hybridized carbons (Fsp3) is 0.342. The molecule has 3 aromatic heterocycles. The Bertz CT molecular complexity index is 1800. The predicted octanol–water partition coefficient (Wildman–Crippen LogP) is 4.45. The molecule has 2 atom stereocenters. The lowest BCUT2D eigenvalue weighted by Gasteiger charge is -2.24. The van der Waals surface area contributed by atoms with Crippen LogP contribution in [-0.4, -0.2) is 84.7 Å². The summed E-state index contributed by atoms with van der Waals surface area (Å²) in [6.45, 7) is 1.34. The Hall–Kier alpha value is -5.85. The second kappa shape index (κ2) is 17.7. The average molecular weight is 697 g/mol. The maximum absolute atomic E-state index is 13.5. The Morgan fingerprint density at radius 1 is 0.608 bits per heavy atom. The summed E-state index contributed by atoms with van der Waals surface area (Å²) in [5.41, 5.74) is 2.19. The monoisotopic (exact) mass is 696 g/mol. The molecule has 4 N–H and O–H groups in total. The molecule has 3 amide bonds. The molecule has 13 heteroatoms. The summed E-state index contributed by atoms with van der Waals surface area (Å²) in [5.74, 6) is -2.83. The molecule has 0 saturated heterocycles. The third-order valence-corrected chi connectivity index (χ3v) is 9.05.